The fraction of sp³-hybridized carbons (Fsp3) is 0.667. The zero-order chi connectivity index (χ0) is 8.93. The maximum absolute atomic E-state index is 11.1. The number of amides is 1. The number of hydrogen-bond acceptors (Lipinski definition) is 2. The molecule has 0 aromatic rings. The van der Waals surface area contributed by atoms with Crippen molar-refractivity contribution < 1.29 is 4.79 Å². The van der Waals surface area contributed by atoms with Crippen molar-refractivity contribution in [2.75, 3.05) is 0 Å². The minimum atomic E-state index is 0.210. The van der Waals surface area contributed by atoms with Crippen LogP contribution in [0.3, 0.4) is 0 Å². The normalized spacial score (nSPS) is 32.2. The molecule has 0 aromatic carbocycles. The monoisotopic (exact) mass is 183 g/mol. The standard InChI is InChI=1S/C9H13NOS/c1-6-5-10-7(11)4-8(10)12-9(6,2)3/h5,8H,4H2,1-3H3/t8-/m1/s1. The van der Waals surface area contributed by atoms with E-state index in [1.165, 1.54) is 5.57 Å². The van der Waals surface area contributed by atoms with Crippen molar-refractivity contribution in [1.82, 2.24) is 4.90 Å². The lowest BCUT2D eigenvalue weighted by atomic mass is 10.0. The number of nitrogens with zero attached hydrogens (tertiary/aromatic N) is 1. The van der Waals surface area contributed by atoms with Crippen LogP contribution in [0.2, 0.25) is 0 Å². The van der Waals surface area contributed by atoms with Gasteiger partial charge in [-0.3, -0.25) is 4.79 Å². The summed E-state index contributed by atoms with van der Waals surface area (Å²) in [5, 5.41) is 0.413. The summed E-state index contributed by atoms with van der Waals surface area (Å²) in [5.41, 5.74) is 1.29. The van der Waals surface area contributed by atoms with Crippen molar-refractivity contribution in [3.05, 3.63) is 11.8 Å². The van der Waals surface area contributed by atoms with Gasteiger partial charge < -0.3 is 4.90 Å². The quantitative estimate of drug-likeness (QED) is 0.535. The van der Waals surface area contributed by atoms with Crippen LogP contribution in [0.4, 0.5) is 0 Å². The highest BCUT2D eigenvalue weighted by molar-refractivity contribution is 8.01. The van der Waals surface area contributed by atoms with Crippen LogP contribution in [0, 0.1) is 0 Å². The Morgan fingerprint density at radius 3 is 2.92 bits per heavy atom. The van der Waals surface area contributed by atoms with Gasteiger partial charge in [-0.15, -0.1) is 11.8 Å². The summed E-state index contributed by atoms with van der Waals surface area (Å²) in [5.74, 6) is 0.266. The zero-order valence-electron chi connectivity index (χ0n) is 7.63. The van der Waals surface area contributed by atoms with Crippen LogP contribution >= 0.6 is 11.8 Å². The average Bonchev–Trinajstić information content (AvgIpc) is 1.96. The summed E-state index contributed by atoms with van der Waals surface area (Å²) in [6, 6.07) is 0. The molecule has 1 fully saturated rings. The first-order chi connectivity index (χ1) is 5.50. The Kier molecular flexibility index (Phi) is 1.55. The van der Waals surface area contributed by atoms with Crippen molar-refractivity contribution in [3.8, 4) is 0 Å². The topological polar surface area (TPSA) is 20.3 Å². The van der Waals surface area contributed by atoms with Crippen LogP contribution in [0.25, 0.3) is 0 Å². The molecule has 66 valence electrons. The molecule has 2 aliphatic heterocycles. The van der Waals surface area contributed by atoms with Crippen LogP contribution in [0.15, 0.2) is 11.8 Å². The average molecular weight is 183 g/mol. The van der Waals surface area contributed by atoms with Gasteiger partial charge in [-0.1, -0.05) is 0 Å². The molecule has 0 bridgehead atoms. The van der Waals surface area contributed by atoms with Crippen LogP contribution in [-0.4, -0.2) is 20.9 Å². The molecule has 1 amide bonds. The molecule has 0 radical (unpaired) electrons. The summed E-state index contributed by atoms with van der Waals surface area (Å²) >= 11 is 1.89. The fourth-order valence-corrected chi connectivity index (χ4v) is 2.89. The minimum Gasteiger partial charge on any atom is -0.306 e. The van der Waals surface area contributed by atoms with Crippen molar-refractivity contribution in [3.63, 3.8) is 0 Å². The lowest BCUT2D eigenvalue weighted by Gasteiger charge is -2.46. The van der Waals surface area contributed by atoms with Gasteiger partial charge in [0.1, 0.15) is 0 Å². The van der Waals surface area contributed by atoms with Gasteiger partial charge in [0.05, 0.1) is 11.8 Å². The lowest BCUT2D eigenvalue weighted by Crippen LogP contribution is -2.52. The van der Waals surface area contributed by atoms with E-state index >= 15 is 0 Å². The molecule has 2 aliphatic rings. The maximum Gasteiger partial charge on any atom is 0.230 e. The van der Waals surface area contributed by atoms with Gasteiger partial charge in [0.2, 0.25) is 5.91 Å². The second-order valence-electron chi connectivity index (χ2n) is 3.90. The predicted octanol–water partition coefficient (Wildman–Crippen LogP) is 1.97. The third kappa shape index (κ3) is 0.993. The fourth-order valence-electron chi connectivity index (χ4n) is 1.45. The highest BCUT2D eigenvalue weighted by Crippen LogP contribution is 2.46. The van der Waals surface area contributed by atoms with Crippen molar-refractivity contribution >= 4 is 17.7 Å². The molecule has 0 aromatic heterocycles. The molecule has 0 N–H and O–H groups in total. The molecule has 0 saturated carbocycles. The number of carbonyl (C=O) groups is 1. The molecule has 0 spiro atoms. The Labute approximate surface area is 77.0 Å². The lowest BCUT2D eigenvalue weighted by molar-refractivity contribution is -0.137. The second-order valence-corrected chi connectivity index (χ2v) is 5.70. The van der Waals surface area contributed by atoms with E-state index in [9.17, 15) is 4.79 Å². The predicted molar refractivity (Wildman–Crippen MR) is 50.7 cm³/mol. The Hall–Kier alpha value is -0.440. The molecule has 12 heavy (non-hydrogen) atoms. The first-order valence-corrected chi connectivity index (χ1v) is 5.06. The van der Waals surface area contributed by atoms with Crippen LogP contribution in [-0.2, 0) is 4.79 Å². The van der Waals surface area contributed by atoms with E-state index in [0.29, 0.717) is 5.37 Å². The number of carbonyl (C=O) groups excluding carboxylic acids is 1. The molecule has 1 saturated heterocycles. The van der Waals surface area contributed by atoms with Gasteiger partial charge >= 0.3 is 0 Å². The first-order valence-electron chi connectivity index (χ1n) is 4.18. The minimum absolute atomic E-state index is 0.210. The Morgan fingerprint density at radius 1 is 1.67 bits per heavy atom. The molecular formula is C9H13NOS. The van der Waals surface area contributed by atoms with Gasteiger partial charge in [0, 0.05) is 10.9 Å². The zero-order valence-corrected chi connectivity index (χ0v) is 8.44. The number of thioether (sulfide) groups is 1. The van der Waals surface area contributed by atoms with Crippen LogP contribution in [0.5, 0.6) is 0 Å². The summed E-state index contributed by atoms with van der Waals surface area (Å²) in [4.78, 5) is 12.9. The molecule has 3 heteroatoms. The highest BCUT2D eigenvalue weighted by atomic mass is 32.2. The summed E-state index contributed by atoms with van der Waals surface area (Å²) in [7, 11) is 0. The smallest absolute Gasteiger partial charge is 0.230 e. The second kappa shape index (κ2) is 2.28. The largest absolute Gasteiger partial charge is 0.306 e. The van der Waals surface area contributed by atoms with Gasteiger partial charge in [0.15, 0.2) is 0 Å². The Bertz CT molecular complexity index is 270. The Balaban J connectivity index is 2.28. The van der Waals surface area contributed by atoms with E-state index in [4.69, 9.17) is 0 Å². The number of rotatable bonds is 0. The molecule has 2 rings (SSSR count). The van der Waals surface area contributed by atoms with Crippen molar-refractivity contribution in [1.29, 1.82) is 0 Å². The number of fused-ring (bicyclic) bond motifs is 1. The molecule has 1 atom stereocenters. The van der Waals surface area contributed by atoms with Gasteiger partial charge in [-0.2, -0.15) is 0 Å². The van der Waals surface area contributed by atoms with Crippen molar-refractivity contribution in [2.45, 2.75) is 37.3 Å². The van der Waals surface area contributed by atoms with Crippen LogP contribution in [0.1, 0.15) is 27.2 Å². The molecule has 0 aliphatic carbocycles. The van der Waals surface area contributed by atoms with Gasteiger partial charge in [-0.05, 0) is 26.3 Å². The van der Waals surface area contributed by atoms with E-state index in [1.54, 1.807) is 0 Å². The van der Waals surface area contributed by atoms with E-state index in [2.05, 4.69) is 20.8 Å². The Morgan fingerprint density at radius 2 is 2.33 bits per heavy atom. The third-order valence-electron chi connectivity index (χ3n) is 2.66. The third-order valence-corrected chi connectivity index (χ3v) is 4.24. The van der Waals surface area contributed by atoms with Gasteiger partial charge in [0.25, 0.3) is 0 Å². The molecule has 0 unspecified atom stereocenters. The van der Waals surface area contributed by atoms with E-state index < -0.39 is 0 Å². The van der Waals surface area contributed by atoms with Gasteiger partial charge in [-0.25, -0.2) is 0 Å². The first kappa shape index (κ1) is 8.17. The molecule has 2 heterocycles. The van der Waals surface area contributed by atoms with Crippen molar-refractivity contribution in [2.24, 2.45) is 0 Å². The molecular weight excluding hydrogens is 170 g/mol. The number of hydrogen-bond donors (Lipinski definition) is 0. The van der Waals surface area contributed by atoms with E-state index in [0.717, 1.165) is 6.42 Å². The summed E-state index contributed by atoms with van der Waals surface area (Å²) < 4.78 is 0.210. The van der Waals surface area contributed by atoms with E-state index in [-0.39, 0.29) is 10.7 Å². The highest BCUT2D eigenvalue weighted by Gasteiger charge is 2.43. The van der Waals surface area contributed by atoms with Crippen LogP contribution < -0.4 is 0 Å². The van der Waals surface area contributed by atoms with E-state index in [1.807, 2.05) is 22.9 Å². The molecule has 2 nitrogen and oxygen atoms in total. The maximum atomic E-state index is 11.1. The summed E-state index contributed by atoms with van der Waals surface area (Å²) in [6.07, 6.45) is 2.73. The number of β-lactam (4-membered cyclic amide) rings is 1. The summed E-state index contributed by atoms with van der Waals surface area (Å²) in [6.45, 7) is 6.52. The SMILES string of the molecule is CC1=CN2C(=O)C[C@H]2SC1(C)C.